The topological polar surface area (TPSA) is 9.23 Å². The summed E-state index contributed by atoms with van der Waals surface area (Å²) in [7, 11) is 1.75. The second-order valence-corrected chi connectivity index (χ2v) is 6.21. The smallest absolute Gasteiger partial charge is 1.00 e. The summed E-state index contributed by atoms with van der Waals surface area (Å²) >= 11 is 2.29. The number of rotatable bonds is 3. The van der Waals surface area contributed by atoms with Gasteiger partial charge in [-0.15, -0.1) is 0 Å². The summed E-state index contributed by atoms with van der Waals surface area (Å²) in [5.74, 6) is 0. The molecule has 0 fully saturated rings. The van der Waals surface area contributed by atoms with E-state index in [1.807, 2.05) is 0 Å². The van der Waals surface area contributed by atoms with E-state index in [1.54, 1.807) is 7.11 Å². The fraction of sp³-hybridized carbons (Fsp3) is 0.667. The zero-order valence-corrected chi connectivity index (χ0v) is 14.5. The Balaban J connectivity index is -0.000000653. The molecule has 0 heterocycles. The number of ether oxygens (including phenoxy) is 1. The Kier molecular flexibility index (Phi) is 12.3. The van der Waals surface area contributed by atoms with Gasteiger partial charge >= 0.3 is 99.0 Å². The second-order valence-electron chi connectivity index (χ2n) is 4.91. The molecule has 0 aliphatic heterocycles. The minimum atomic E-state index is 0. The summed E-state index contributed by atoms with van der Waals surface area (Å²) in [4.78, 5) is 0. The molecule has 0 N–H and O–H groups in total. The van der Waals surface area contributed by atoms with E-state index >= 15 is 0 Å². The van der Waals surface area contributed by atoms with Crippen LogP contribution in [0.3, 0.4) is 0 Å². The van der Waals surface area contributed by atoms with Gasteiger partial charge in [0, 0.05) is 0 Å². The first-order chi connectivity index (χ1) is 6.39. The van der Waals surface area contributed by atoms with Gasteiger partial charge in [-0.05, 0) is 0 Å². The van der Waals surface area contributed by atoms with E-state index in [-0.39, 0.29) is 40.9 Å². The van der Waals surface area contributed by atoms with Crippen LogP contribution in [0.2, 0.25) is 3.72 Å². The maximum absolute atomic E-state index is 5.08. The van der Waals surface area contributed by atoms with Gasteiger partial charge in [0.05, 0.1) is 0 Å². The fourth-order valence-electron chi connectivity index (χ4n) is 1.47. The normalized spacial score (nSPS) is 22.1. The van der Waals surface area contributed by atoms with E-state index in [4.69, 9.17) is 4.74 Å². The van der Waals surface area contributed by atoms with Crippen molar-refractivity contribution in [2.45, 2.75) is 30.9 Å². The number of methoxy groups -OCH3 is 1. The number of hydrogen-bond donors (Lipinski definition) is 0. The number of hydrogen-bond acceptors (Lipinski definition) is 1. The van der Waals surface area contributed by atoms with Gasteiger partial charge in [0.1, 0.15) is 0 Å². The summed E-state index contributed by atoms with van der Waals surface area (Å²) in [6, 6.07) is 0. The summed E-state index contributed by atoms with van der Waals surface area (Å²) in [6.07, 6.45) is 7.97. The van der Waals surface area contributed by atoms with Crippen molar-refractivity contribution in [3.05, 3.63) is 23.8 Å². The molecule has 0 aromatic heterocycles. The first kappa shape index (κ1) is 23.1. The number of halogens is 3. The van der Waals surface area contributed by atoms with Gasteiger partial charge in [0.25, 0.3) is 0 Å². The standard InChI is InChI=1S/C12H19O.3ClH.Ti/c1-12(2,3)11-6-5-10(9-11)7-8-13-4;;;;/h5-6,9H,7-8H2,1-4H3;3*1H;/q;;;;+3/p-3. The van der Waals surface area contributed by atoms with Crippen LogP contribution >= 0.6 is 0 Å². The summed E-state index contributed by atoms with van der Waals surface area (Å²) in [5.41, 5.74) is 1.70. The molecule has 0 saturated carbocycles. The monoisotopic (exact) mass is 332 g/mol. The summed E-state index contributed by atoms with van der Waals surface area (Å²) in [6.45, 7) is 7.67. The molecule has 1 nitrogen and oxygen atoms in total. The van der Waals surface area contributed by atoms with Crippen molar-refractivity contribution in [3.63, 3.8) is 0 Å². The molecule has 0 radical (unpaired) electrons. The van der Waals surface area contributed by atoms with Crippen molar-refractivity contribution >= 4 is 0 Å². The Hall–Kier alpha value is 1.02. The van der Waals surface area contributed by atoms with Gasteiger partial charge in [-0.2, -0.15) is 0 Å². The van der Waals surface area contributed by atoms with Crippen LogP contribution in [0, 0.1) is 5.41 Å². The Bertz CT molecular complexity index is 271. The van der Waals surface area contributed by atoms with Crippen molar-refractivity contribution < 1.29 is 62.4 Å². The van der Waals surface area contributed by atoms with E-state index in [0.29, 0.717) is 5.41 Å². The zero-order valence-electron chi connectivity index (χ0n) is 10.7. The Labute approximate surface area is 135 Å². The predicted octanol–water partition coefficient (Wildman–Crippen LogP) is -5.72. The second kappa shape index (κ2) is 9.01. The summed E-state index contributed by atoms with van der Waals surface area (Å²) in [5, 5.41) is 0. The molecule has 1 aliphatic rings. The molecule has 1 aliphatic carbocycles. The number of allylic oxidation sites excluding steroid dienone is 3. The Morgan fingerprint density at radius 3 is 2.12 bits per heavy atom. The molecule has 98 valence electrons. The molecule has 1 rings (SSSR count). The molecule has 0 spiro atoms. The molecule has 0 bridgehead atoms. The van der Waals surface area contributed by atoms with Crippen LogP contribution in [0.25, 0.3) is 0 Å². The molecule has 1 atom stereocenters. The first-order valence-corrected chi connectivity index (χ1v) is 5.82. The molecule has 1 unspecified atom stereocenters. The minimum absolute atomic E-state index is 0. The van der Waals surface area contributed by atoms with Crippen LogP contribution in [0.1, 0.15) is 27.2 Å². The van der Waals surface area contributed by atoms with E-state index in [1.165, 1.54) is 5.57 Å². The van der Waals surface area contributed by atoms with Crippen LogP contribution in [-0.4, -0.2) is 13.7 Å². The zero-order chi connectivity index (χ0) is 10.8. The van der Waals surface area contributed by atoms with Gasteiger partial charge in [0.15, 0.2) is 0 Å². The van der Waals surface area contributed by atoms with Crippen LogP contribution in [-0.2, 0) is 25.2 Å². The molecule has 0 aromatic carbocycles. The van der Waals surface area contributed by atoms with Gasteiger partial charge < -0.3 is 37.2 Å². The van der Waals surface area contributed by atoms with Crippen molar-refractivity contribution in [3.8, 4) is 0 Å². The fourth-order valence-corrected chi connectivity index (χ4v) is 1.89. The van der Waals surface area contributed by atoms with Crippen molar-refractivity contribution in [2.24, 2.45) is 5.41 Å². The van der Waals surface area contributed by atoms with Crippen LogP contribution < -0.4 is 37.2 Å². The van der Waals surface area contributed by atoms with Crippen LogP contribution in [0.5, 0.6) is 0 Å². The molecule has 5 heteroatoms. The quantitative estimate of drug-likeness (QED) is 0.468. The van der Waals surface area contributed by atoms with Crippen molar-refractivity contribution in [2.75, 3.05) is 13.7 Å². The first-order valence-electron chi connectivity index (χ1n) is 5.04. The third-order valence-corrected chi connectivity index (χ3v) is 4.47. The SMILES string of the molecule is COCCC1=C[C]([Ti+3])(C(C)(C)C)C=C1.[Cl-].[Cl-].[Cl-]. The van der Waals surface area contributed by atoms with Crippen molar-refractivity contribution in [1.29, 1.82) is 0 Å². The predicted molar refractivity (Wildman–Crippen MR) is 55.9 cm³/mol. The Morgan fingerprint density at radius 2 is 1.76 bits per heavy atom. The van der Waals surface area contributed by atoms with Crippen molar-refractivity contribution in [1.82, 2.24) is 0 Å². The molecular weight excluding hydrogens is 314 g/mol. The minimum Gasteiger partial charge on any atom is -1.00 e. The third-order valence-electron chi connectivity index (χ3n) is 2.81. The van der Waals surface area contributed by atoms with E-state index in [0.717, 1.165) is 13.0 Å². The molecule has 0 saturated heterocycles. The Morgan fingerprint density at radius 1 is 1.24 bits per heavy atom. The average Bonchev–Trinajstić information content (AvgIpc) is 2.44. The van der Waals surface area contributed by atoms with Crippen LogP contribution in [0.4, 0.5) is 0 Å². The molecule has 0 aromatic rings. The molecule has 0 amide bonds. The van der Waals surface area contributed by atoms with Gasteiger partial charge in [-0.25, -0.2) is 0 Å². The van der Waals surface area contributed by atoms with Gasteiger partial charge in [0.2, 0.25) is 0 Å². The summed E-state index contributed by atoms with van der Waals surface area (Å²) < 4.78 is 5.29. The largest absolute Gasteiger partial charge is 1.00 e. The maximum Gasteiger partial charge on any atom is -1.00 e. The average molecular weight is 334 g/mol. The van der Waals surface area contributed by atoms with Crippen LogP contribution in [0.15, 0.2) is 23.8 Å². The maximum atomic E-state index is 5.08. The third kappa shape index (κ3) is 6.14. The molecular formula is C12H19Cl3OTi. The van der Waals surface area contributed by atoms with E-state index in [2.05, 4.69) is 59.4 Å². The van der Waals surface area contributed by atoms with E-state index in [9.17, 15) is 0 Å². The van der Waals surface area contributed by atoms with E-state index < -0.39 is 0 Å². The molecule has 17 heavy (non-hydrogen) atoms. The van der Waals surface area contributed by atoms with Gasteiger partial charge in [-0.1, -0.05) is 0 Å². The van der Waals surface area contributed by atoms with Gasteiger partial charge in [-0.3, -0.25) is 0 Å².